The van der Waals surface area contributed by atoms with Crippen LogP contribution in [-0.2, 0) is 0 Å². The van der Waals surface area contributed by atoms with Crippen molar-refractivity contribution >= 4 is 17.2 Å². The van der Waals surface area contributed by atoms with Gasteiger partial charge in [-0.1, -0.05) is 6.07 Å². The molecule has 0 amide bonds. The maximum Gasteiger partial charge on any atom is 0.129 e. The number of aliphatic hydroxyl groups excluding tert-OH is 1. The quantitative estimate of drug-likeness (QED) is 0.917. The predicted molar refractivity (Wildman–Crippen MR) is 76.0 cm³/mol. The summed E-state index contributed by atoms with van der Waals surface area (Å²) in [4.78, 5) is 7.80. The number of hydrogen-bond donors (Lipinski definition) is 1. The summed E-state index contributed by atoms with van der Waals surface area (Å²) in [5.41, 5.74) is 0.894. The molecule has 2 aromatic heterocycles. The van der Waals surface area contributed by atoms with Crippen LogP contribution in [0.3, 0.4) is 0 Å². The van der Waals surface area contributed by atoms with Crippen molar-refractivity contribution in [3.05, 3.63) is 46.3 Å². The first-order chi connectivity index (χ1) is 8.59. The zero-order chi connectivity index (χ0) is 13.1. The molecule has 4 heteroatoms. The number of pyridine rings is 1. The lowest BCUT2D eigenvalue weighted by atomic mass is 10.1. The number of aromatic nitrogens is 1. The highest BCUT2D eigenvalue weighted by atomic mass is 32.1. The van der Waals surface area contributed by atoms with E-state index in [0.29, 0.717) is 0 Å². The van der Waals surface area contributed by atoms with Crippen molar-refractivity contribution in [2.24, 2.45) is 0 Å². The van der Waals surface area contributed by atoms with Gasteiger partial charge in [-0.15, -0.1) is 11.3 Å². The molecule has 2 heterocycles. The molecule has 0 radical (unpaired) electrons. The van der Waals surface area contributed by atoms with Gasteiger partial charge in [-0.2, -0.15) is 0 Å². The number of anilines is 1. The average molecular weight is 262 g/mol. The van der Waals surface area contributed by atoms with Gasteiger partial charge in [-0.3, -0.25) is 0 Å². The van der Waals surface area contributed by atoms with Gasteiger partial charge in [0.15, 0.2) is 0 Å². The molecule has 18 heavy (non-hydrogen) atoms. The van der Waals surface area contributed by atoms with Crippen LogP contribution in [0.4, 0.5) is 5.82 Å². The molecule has 2 rings (SSSR count). The van der Waals surface area contributed by atoms with Gasteiger partial charge in [0, 0.05) is 18.1 Å². The van der Waals surface area contributed by atoms with Gasteiger partial charge in [0.25, 0.3) is 0 Å². The van der Waals surface area contributed by atoms with Crippen molar-refractivity contribution in [1.82, 2.24) is 4.98 Å². The third-order valence-corrected chi connectivity index (χ3v) is 4.19. The van der Waals surface area contributed by atoms with E-state index in [1.807, 2.05) is 19.2 Å². The Bertz CT molecular complexity index is 496. The van der Waals surface area contributed by atoms with E-state index in [1.165, 1.54) is 4.88 Å². The summed E-state index contributed by atoms with van der Waals surface area (Å²) in [6, 6.07) is 8.25. The Kier molecular flexibility index (Phi) is 3.99. The fraction of sp³-hybridized carbons (Fsp3) is 0.357. The highest BCUT2D eigenvalue weighted by Gasteiger charge is 2.15. The van der Waals surface area contributed by atoms with Gasteiger partial charge in [-0.05, 0) is 43.0 Å². The van der Waals surface area contributed by atoms with Crippen LogP contribution in [0.5, 0.6) is 0 Å². The van der Waals surface area contributed by atoms with E-state index < -0.39 is 6.10 Å². The highest BCUT2D eigenvalue weighted by molar-refractivity contribution is 7.10. The molecule has 2 unspecified atom stereocenters. The molecule has 1 N–H and O–H groups in total. The number of hydrogen-bond acceptors (Lipinski definition) is 4. The summed E-state index contributed by atoms with van der Waals surface area (Å²) in [5, 5.41) is 11.7. The second-order valence-electron chi connectivity index (χ2n) is 4.43. The first-order valence-corrected chi connectivity index (χ1v) is 6.88. The lowest BCUT2D eigenvalue weighted by Crippen LogP contribution is -2.22. The zero-order valence-electron chi connectivity index (χ0n) is 10.9. The normalized spacial score (nSPS) is 14.2. The largest absolute Gasteiger partial charge is 0.389 e. The van der Waals surface area contributed by atoms with Crippen molar-refractivity contribution in [2.75, 3.05) is 11.9 Å². The third kappa shape index (κ3) is 2.71. The van der Waals surface area contributed by atoms with Crippen LogP contribution in [-0.4, -0.2) is 17.1 Å². The van der Waals surface area contributed by atoms with Crippen LogP contribution in [0.1, 0.15) is 36.4 Å². The second-order valence-corrected chi connectivity index (χ2v) is 5.40. The number of nitrogens with zero attached hydrogens (tertiary/aromatic N) is 2. The van der Waals surface area contributed by atoms with Crippen molar-refractivity contribution in [2.45, 2.75) is 26.0 Å². The molecule has 0 saturated carbocycles. The minimum absolute atomic E-state index is 0.279. The summed E-state index contributed by atoms with van der Waals surface area (Å²) in [6.45, 7) is 3.92. The van der Waals surface area contributed by atoms with Gasteiger partial charge >= 0.3 is 0 Å². The lowest BCUT2D eigenvalue weighted by Gasteiger charge is -2.25. The molecular weight excluding hydrogens is 244 g/mol. The molecular formula is C14H18N2OS. The van der Waals surface area contributed by atoms with Gasteiger partial charge in [-0.25, -0.2) is 4.98 Å². The Balaban J connectivity index is 2.23. The van der Waals surface area contributed by atoms with Crippen molar-refractivity contribution in [1.29, 1.82) is 0 Å². The van der Waals surface area contributed by atoms with Crippen LogP contribution in [0.25, 0.3) is 0 Å². The Morgan fingerprint density at radius 1 is 1.33 bits per heavy atom. The molecule has 3 nitrogen and oxygen atoms in total. The summed E-state index contributed by atoms with van der Waals surface area (Å²) >= 11 is 1.75. The summed E-state index contributed by atoms with van der Waals surface area (Å²) < 4.78 is 0. The van der Waals surface area contributed by atoms with E-state index in [2.05, 4.69) is 34.3 Å². The number of aliphatic hydroxyl groups is 1. The maximum atomic E-state index is 9.61. The smallest absolute Gasteiger partial charge is 0.129 e. The van der Waals surface area contributed by atoms with E-state index in [0.717, 1.165) is 11.4 Å². The minimum Gasteiger partial charge on any atom is -0.389 e. The molecule has 0 saturated heterocycles. The van der Waals surface area contributed by atoms with Gasteiger partial charge < -0.3 is 10.0 Å². The molecule has 2 aromatic rings. The van der Waals surface area contributed by atoms with Crippen LogP contribution < -0.4 is 4.90 Å². The van der Waals surface area contributed by atoms with Crippen LogP contribution >= 0.6 is 11.3 Å². The molecule has 2 atom stereocenters. The highest BCUT2D eigenvalue weighted by Crippen LogP contribution is 2.28. The maximum absolute atomic E-state index is 9.61. The molecule has 0 fully saturated rings. The van der Waals surface area contributed by atoms with E-state index >= 15 is 0 Å². The Hall–Kier alpha value is -1.39. The number of thiophene rings is 1. The molecule has 0 bridgehead atoms. The van der Waals surface area contributed by atoms with E-state index in [4.69, 9.17) is 0 Å². The molecule has 96 valence electrons. The Morgan fingerprint density at radius 2 is 2.11 bits per heavy atom. The van der Waals surface area contributed by atoms with Crippen LogP contribution in [0.2, 0.25) is 0 Å². The predicted octanol–water partition coefficient (Wildman–Crippen LogP) is 3.39. The number of rotatable bonds is 4. The van der Waals surface area contributed by atoms with Crippen molar-refractivity contribution in [3.8, 4) is 0 Å². The molecule has 0 aromatic carbocycles. The van der Waals surface area contributed by atoms with E-state index in [1.54, 1.807) is 24.5 Å². The van der Waals surface area contributed by atoms with E-state index in [-0.39, 0.29) is 6.04 Å². The summed E-state index contributed by atoms with van der Waals surface area (Å²) in [7, 11) is 2.03. The zero-order valence-corrected chi connectivity index (χ0v) is 11.7. The standard InChI is InChI=1S/C14H18N2OS/c1-10(13-5-4-8-18-13)16(3)14-9-12(11(2)17)6-7-15-14/h4-11,17H,1-3H3. The van der Waals surface area contributed by atoms with Crippen molar-refractivity contribution in [3.63, 3.8) is 0 Å². The topological polar surface area (TPSA) is 36.4 Å². The molecule has 0 aliphatic rings. The van der Waals surface area contributed by atoms with E-state index in [9.17, 15) is 5.11 Å². The summed E-state index contributed by atoms with van der Waals surface area (Å²) in [6.07, 6.45) is 1.28. The van der Waals surface area contributed by atoms with Crippen LogP contribution in [0.15, 0.2) is 35.8 Å². The average Bonchev–Trinajstić information content (AvgIpc) is 2.91. The molecule has 0 aliphatic carbocycles. The second kappa shape index (κ2) is 5.50. The SMILES string of the molecule is CC(O)c1ccnc(N(C)C(C)c2cccs2)c1. The third-order valence-electron chi connectivity index (χ3n) is 3.15. The monoisotopic (exact) mass is 262 g/mol. The van der Waals surface area contributed by atoms with Gasteiger partial charge in [0.05, 0.1) is 12.1 Å². The summed E-state index contributed by atoms with van der Waals surface area (Å²) in [5.74, 6) is 0.884. The van der Waals surface area contributed by atoms with Gasteiger partial charge in [0.2, 0.25) is 0 Å². The fourth-order valence-electron chi connectivity index (χ4n) is 1.81. The van der Waals surface area contributed by atoms with Gasteiger partial charge in [0.1, 0.15) is 5.82 Å². The van der Waals surface area contributed by atoms with Crippen LogP contribution in [0, 0.1) is 0 Å². The first-order valence-electron chi connectivity index (χ1n) is 6.00. The molecule has 0 aliphatic heterocycles. The molecule has 0 spiro atoms. The first kappa shape index (κ1) is 13.1. The minimum atomic E-state index is -0.461. The fourth-order valence-corrected chi connectivity index (χ4v) is 2.63. The lowest BCUT2D eigenvalue weighted by molar-refractivity contribution is 0.199. The Morgan fingerprint density at radius 3 is 2.72 bits per heavy atom. The van der Waals surface area contributed by atoms with Crippen molar-refractivity contribution < 1.29 is 5.11 Å². The Labute approximate surface area is 112 Å².